The molecular formula is C19H21ClN2O5S. The van der Waals surface area contributed by atoms with Crippen molar-refractivity contribution in [1.82, 2.24) is 4.72 Å². The van der Waals surface area contributed by atoms with E-state index in [9.17, 15) is 18.0 Å². The van der Waals surface area contributed by atoms with Gasteiger partial charge >= 0.3 is 5.97 Å². The second-order valence-electron chi connectivity index (χ2n) is 5.74. The van der Waals surface area contributed by atoms with Crippen LogP contribution in [0, 0.1) is 0 Å². The zero-order valence-electron chi connectivity index (χ0n) is 15.3. The molecule has 2 aromatic rings. The summed E-state index contributed by atoms with van der Waals surface area (Å²) in [6, 6.07) is 14.8. The van der Waals surface area contributed by atoms with Gasteiger partial charge in [0.05, 0.1) is 11.3 Å². The molecule has 0 bridgehead atoms. The topological polar surface area (TPSA) is 92.8 Å². The Morgan fingerprint density at radius 2 is 1.82 bits per heavy atom. The highest BCUT2D eigenvalue weighted by molar-refractivity contribution is 7.89. The first kappa shape index (κ1) is 21.9. The highest BCUT2D eigenvalue weighted by Crippen LogP contribution is 2.15. The number of nitrogens with one attached hydrogen (secondary N) is 1. The second kappa shape index (κ2) is 10.2. The van der Waals surface area contributed by atoms with Crippen LogP contribution in [0.1, 0.15) is 13.3 Å². The third-order valence-corrected chi connectivity index (χ3v) is 5.46. The number of sulfonamides is 1. The molecule has 0 saturated carbocycles. The number of nitrogens with zero attached hydrogens (tertiary/aromatic N) is 1. The van der Waals surface area contributed by atoms with Crippen LogP contribution in [0.2, 0.25) is 5.02 Å². The Hall–Kier alpha value is -2.42. The van der Waals surface area contributed by atoms with Crippen LogP contribution in [0.4, 0.5) is 5.69 Å². The lowest BCUT2D eigenvalue weighted by Crippen LogP contribution is -2.35. The summed E-state index contributed by atoms with van der Waals surface area (Å²) < 4.78 is 31.5. The molecular weight excluding hydrogens is 404 g/mol. The van der Waals surface area contributed by atoms with Gasteiger partial charge in [0.25, 0.3) is 5.91 Å². The number of anilines is 1. The quantitative estimate of drug-likeness (QED) is 0.624. The molecule has 0 heterocycles. The molecule has 0 aliphatic carbocycles. The van der Waals surface area contributed by atoms with Gasteiger partial charge in [-0.2, -0.15) is 0 Å². The van der Waals surface area contributed by atoms with Gasteiger partial charge in [-0.15, -0.1) is 0 Å². The molecule has 0 unspecified atom stereocenters. The Labute approximate surface area is 169 Å². The number of halogens is 1. The van der Waals surface area contributed by atoms with Crippen LogP contribution in [0.15, 0.2) is 59.5 Å². The summed E-state index contributed by atoms with van der Waals surface area (Å²) in [5.74, 6) is -1.03. The van der Waals surface area contributed by atoms with Crippen LogP contribution in [0.3, 0.4) is 0 Å². The lowest BCUT2D eigenvalue weighted by atomic mass is 10.3. The number of ether oxygens (including phenoxy) is 1. The van der Waals surface area contributed by atoms with E-state index in [0.29, 0.717) is 17.3 Å². The van der Waals surface area contributed by atoms with Crippen molar-refractivity contribution in [1.29, 1.82) is 0 Å². The largest absolute Gasteiger partial charge is 0.456 e. The maximum Gasteiger partial charge on any atom is 0.307 e. The van der Waals surface area contributed by atoms with Crippen LogP contribution in [0.25, 0.3) is 0 Å². The minimum absolute atomic E-state index is 0.00462. The molecule has 0 aromatic heterocycles. The molecule has 0 aliphatic heterocycles. The van der Waals surface area contributed by atoms with Gasteiger partial charge in [0.1, 0.15) is 0 Å². The first-order valence-electron chi connectivity index (χ1n) is 8.59. The summed E-state index contributed by atoms with van der Waals surface area (Å²) in [6.07, 6.45) is -0.204. The van der Waals surface area contributed by atoms with Gasteiger partial charge in [-0.05, 0) is 37.3 Å². The number of para-hydroxylation sites is 1. The van der Waals surface area contributed by atoms with Gasteiger partial charge in [0.15, 0.2) is 6.61 Å². The van der Waals surface area contributed by atoms with Crippen molar-refractivity contribution < 1.29 is 22.7 Å². The fourth-order valence-corrected chi connectivity index (χ4v) is 3.74. The molecule has 0 aliphatic rings. The highest BCUT2D eigenvalue weighted by atomic mass is 35.5. The Bertz CT molecular complexity index is 919. The molecule has 0 radical (unpaired) electrons. The molecule has 1 N–H and O–H groups in total. The van der Waals surface area contributed by atoms with E-state index in [-0.39, 0.29) is 23.8 Å². The van der Waals surface area contributed by atoms with Crippen LogP contribution in [0.5, 0.6) is 0 Å². The predicted octanol–water partition coefficient (Wildman–Crippen LogP) is 2.60. The van der Waals surface area contributed by atoms with Crippen LogP contribution in [-0.4, -0.2) is 40.0 Å². The third-order valence-electron chi connectivity index (χ3n) is 3.77. The number of amides is 1. The van der Waals surface area contributed by atoms with Crippen molar-refractivity contribution in [3.05, 3.63) is 59.6 Å². The summed E-state index contributed by atoms with van der Waals surface area (Å²) in [5, 5.41) is 0.291. The Kier molecular flexibility index (Phi) is 7.98. The van der Waals surface area contributed by atoms with Gasteiger partial charge in [-0.25, -0.2) is 13.1 Å². The fraction of sp³-hybridized carbons (Fsp3) is 0.263. The number of carbonyl (C=O) groups excluding carboxylic acids is 2. The molecule has 150 valence electrons. The van der Waals surface area contributed by atoms with Crippen molar-refractivity contribution in [3.8, 4) is 0 Å². The number of likely N-dealkylation sites (N-methyl/N-ethyl adjacent to an activating group) is 1. The first-order valence-corrected chi connectivity index (χ1v) is 10.5. The number of rotatable bonds is 9. The SMILES string of the molecule is CCN(C(=O)COC(=O)CCNS(=O)(=O)c1cccc(Cl)c1)c1ccccc1. The zero-order valence-corrected chi connectivity index (χ0v) is 16.9. The molecule has 0 saturated heterocycles. The number of benzene rings is 2. The summed E-state index contributed by atoms with van der Waals surface area (Å²) in [7, 11) is -3.78. The summed E-state index contributed by atoms with van der Waals surface area (Å²) in [5.41, 5.74) is 0.709. The van der Waals surface area contributed by atoms with E-state index < -0.39 is 22.6 Å². The van der Waals surface area contributed by atoms with E-state index in [4.69, 9.17) is 16.3 Å². The van der Waals surface area contributed by atoms with Crippen LogP contribution < -0.4 is 9.62 Å². The molecule has 9 heteroatoms. The van der Waals surface area contributed by atoms with E-state index >= 15 is 0 Å². The number of esters is 1. The van der Waals surface area contributed by atoms with Crippen molar-refractivity contribution >= 4 is 39.2 Å². The normalized spacial score (nSPS) is 11.1. The maximum absolute atomic E-state index is 12.3. The van der Waals surface area contributed by atoms with Crippen molar-refractivity contribution in [2.45, 2.75) is 18.2 Å². The molecule has 28 heavy (non-hydrogen) atoms. The average Bonchev–Trinajstić information content (AvgIpc) is 2.67. The molecule has 0 spiro atoms. The summed E-state index contributed by atoms with van der Waals surface area (Å²) >= 11 is 5.79. The van der Waals surface area contributed by atoms with Gasteiger partial charge in [0.2, 0.25) is 10.0 Å². The Balaban J connectivity index is 1.80. The van der Waals surface area contributed by atoms with Crippen molar-refractivity contribution in [2.75, 3.05) is 24.6 Å². The van der Waals surface area contributed by atoms with Gasteiger partial charge in [-0.1, -0.05) is 35.9 Å². The molecule has 2 rings (SSSR count). The lowest BCUT2D eigenvalue weighted by molar-refractivity contribution is -0.147. The fourth-order valence-electron chi connectivity index (χ4n) is 2.41. The average molecular weight is 425 g/mol. The van der Waals surface area contributed by atoms with E-state index in [1.807, 2.05) is 25.1 Å². The zero-order chi connectivity index (χ0) is 20.6. The maximum atomic E-state index is 12.3. The number of hydrogen-bond donors (Lipinski definition) is 1. The van der Waals surface area contributed by atoms with Crippen LogP contribution in [-0.2, 0) is 24.3 Å². The highest BCUT2D eigenvalue weighted by Gasteiger charge is 2.17. The monoisotopic (exact) mass is 424 g/mol. The standard InChI is InChI=1S/C19H21ClN2O5S/c1-2-22(16-8-4-3-5-9-16)18(23)14-27-19(24)11-12-21-28(25,26)17-10-6-7-15(20)13-17/h3-10,13,21H,2,11-12,14H2,1H3. The predicted molar refractivity (Wildman–Crippen MR) is 107 cm³/mol. The van der Waals surface area contributed by atoms with Gasteiger partial charge in [-0.3, -0.25) is 9.59 Å². The Morgan fingerprint density at radius 1 is 1.11 bits per heavy atom. The van der Waals surface area contributed by atoms with Gasteiger partial charge < -0.3 is 9.64 Å². The Morgan fingerprint density at radius 3 is 2.46 bits per heavy atom. The molecule has 7 nitrogen and oxygen atoms in total. The summed E-state index contributed by atoms with van der Waals surface area (Å²) in [6.45, 7) is 1.68. The number of hydrogen-bond acceptors (Lipinski definition) is 5. The molecule has 0 fully saturated rings. The minimum atomic E-state index is -3.78. The minimum Gasteiger partial charge on any atom is -0.456 e. The summed E-state index contributed by atoms with van der Waals surface area (Å²) in [4.78, 5) is 25.6. The molecule has 1 amide bonds. The van der Waals surface area contributed by atoms with Crippen molar-refractivity contribution in [2.24, 2.45) is 0 Å². The molecule has 0 atom stereocenters. The number of carbonyl (C=O) groups is 2. The van der Waals surface area contributed by atoms with E-state index in [0.717, 1.165) is 0 Å². The van der Waals surface area contributed by atoms with Crippen LogP contribution >= 0.6 is 11.6 Å². The van der Waals surface area contributed by atoms with E-state index in [2.05, 4.69) is 4.72 Å². The van der Waals surface area contributed by atoms with E-state index in [1.165, 1.54) is 23.1 Å². The smallest absolute Gasteiger partial charge is 0.307 e. The second-order valence-corrected chi connectivity index (χ2v) is 7.94. The first-order chi connectivity index (χ1) is 13.3. The van der Waals surface area contributed by atoms with Gasteiger partial charge in [0, 0.05) is 23.8 Å². The van der Waals surface area contributed by atoms with Crippen molar-refractivity contribution in [3.63, 3.8) is 0 Å². The molecule has 2 aromatic carbocycles. The third kappa shape index (κ3) is 6.33. The van der Waals surface area contributed by atoms with E-state index in [1.54, 1.807) is 18.2 Å². The lowest BCUT2D eigenvalue weighted by Gasteiger charge is -2.20.